The van der Waals surface area contributed by atoms with E-state index in [1.807, 2.05) is 6.92 Å². The number of aromatic nitrogens is 3. The summed E-state index contributed by atoms with van der Waals surface area (Å²) >= 11 is 2.86. The maximum Gasteiger partial charge on any atom is 0.196 e. The smallest absolute Gasteiger partial charge is 0.196 e. The summed E-state index contributed by atoms with van der Waals surface area (Å²) in [5, 5.41) is 24.4. The van der Waals surface area contributed by atoms with Crippen molar-refractivity contribution in [2.75, 3.05) is 10.2 Å². The van der Waals surface area contributed by atoms with Crippen LogP contribution in [0.4, 0.5) is 38.8 Å². The summed E-state index contributed by atoms with van der Waals surface area (Å²) < 4.78 is 5.50. The van der Waals surface area contributed by atoms with Crippen molar-refractivity contribution in [1.29, 1.82) is 5.26 Å². The van der Waals surface area contributed by atoms with Gasteiger partial charge < -0.3 is 5.32 Å². The molecule has 0 saturated carbocycles. The molecule has 0 spiro atoms. The SMILES string of the molecule is CCc1cc(C)c(C)c(CC)c1Nc1nc(N(c2nc3ccc(C)cc3s2)c2c(CC)cc(C)c(C)c2CC)cc(C)c1N=Nc1snc(C)c1C#N. The first-order chi connectivity index (χ1) is 25.4. The molecule has 6 aromatic rings. The van der Waals surface area contributed by atoms with Crippen LogP contribution >= 0.6 is 22.9 Å². The largest absolute Gasteiger partial charge is 0.338 e. The van der Waals surface area contributed by atoms with Crippen molar-refractivity contribution in [3.8, 4) is 6.07 Å². The first-order valence-electron chi connectivity index (χ1n) is 18.4. The molecule has 0 unspecified atom stereocenters. The first kappa shape index (κ1) is 37.8. The molecule has 272 valence electrons. The van der Waals surface area contributed by atoms with Crippen LogP contribution in [0.15, 0.2) is 46.6 Å². The van der Waals surface area contributed by atoms with Gasteiger partial charge in [-0.05, 0) is 160 Å². The van der Waals surface area contributed by atoms with Gasteiger partial charge in [0.15, 0.2) is 16.0 Å². The average Bonchev–Trinajstić information content (AvgIpc) is 3.72. The number of nitrogens with zero attached hydrogens (tertiary/aromatic N) is 7. The predicted molar refractivity (Wildman–Crippen MR) is 223 cm³/mol. The van der Waals surface area contributed by atoms with Crippen LogP contribution in [0.1, 0.15) is 94.6 Å². The zero-order chi connectivity index (χ0) is 38.1. The number of benzene rings is 3. The summed E-state index contributed by atoms with van der Waals surface area (Å²) in [7, 11) is 0. The molecule has 0 aliphatic heterocycles. The third-order valence-corrected chi connectivity index (χ3v) is 12.2. The Kier molecular flexibility index (Phi) is 11.1. The van der Waals surface area contributed by atoms with Crippen LogP contribution in [-0.4, -0.2) is 14.3 Å². The minimum atomic E-state index is 0.442. The average molecular weight is 741 g/mol. The Labute approximate surface area is 321 Å². The number of nitriles is 1. The van der Waals surface area contributed by atoms with Crippen LogP contribution < -0.4 is 10.2 Å². The van der Waals surface area contributed by atoms with Gasteiger partial charge in [0.2, 0.25) is 0 Å². The Morgan fingerprint density at radius 3 is 2.11 bits per heavy atom. The van der Waals surface area contributed by atoms with Crippen molar-refractivity contribution in [2.24, 2.45) is 10.2 Å². The van der Waals surface area contributed by atoms with E-state index in [4.69, 9.17) is 15.1 Å². The van der Waals surface area contributed by atoms with Gasteiger partial charge in [0.05, 0.1) is 21.6 Å². The normalized spacial score (nSPS) is 11.5. The molecule has 53 heavy (non-hydrogen) atoms. The van der Waals surface area contributed by atoms with Crippen LogP contribution in [-0.2, 0) is 25.7 Å². The maximum absolute atomic E-state index is 9.84. The van der Waals surface area contributed by atoms with E-state index in [1.165, 1.54) is 61.6 Å². The molecule has 0 amide bonds. The lowest BCUT2D eigenvalue weighted by atomic mass is 9.93. The third kappa shape index (κ3) is 7.08. The summed E-state index contributed by atoms with van der Waals surface area (Å²) in [6.45, 7) is 23.6. The summed E-state index contributed by atoms with van der Waals surface area (Å²) in [4.78, 5) is 13.0. The van der Waals surface area contributed by atoms with Crippen LogP contribution in [0.3, 0.4) is 0 Å². The van der Waals surface area contributed by atoms with E-state index in [-0.39, 0.29) is 0 Å². The second-order valence-electron chi connectivity index (χ2n) is 13.7. The van der Waals surface area contributed by atoms with Crippen molar-refractivity contribution >= 4 is 71.9 Å². The number of aryl methyl sites for hydroxylation is 7. The highest BCUT2D eigenvalue weighted by molar-refractivity contribution is 7.22. The second-order valence-corrected chi connectivity index (χ2v) is 15.5. The van der Waals surface area contributed by atoms with Gasteiger partial charge in [-0.1, -0.05) is 57.2 Å². The van der Waals surface area contributed by atoms with E-state index in [0.717, 1.165) is 63.8 Å². The quantitative estimate of drug-likeness (QED) is 0.133. The molecule has 3 heterocycles. The van der Waals surface area contributed by atoms with Crippen molar-refractivity contribution in [3.05, 3.63) is 103 Å². The molecule has 3 aromatic heterocycles. The van der Waals surface area contributed by atoms with Crippen LogP contribution in [0.5, 0.6) is 0 Å². The number of hydrogen-bond acceptors (Lipinski definition) is 10. The monoisotopic (exact) mass is 740 g/mol. The highest BCUT2D eigenvalue weighted by atomic mass is 32.1. The number of anilines is 5. The fraction of sp³-hybridized carbons (Fsp3) is 0.349. The molecule has 10 heteroatoms. The topological polar surface area (TPSA) is 102 Å². The van der Waals surface area contributed by atoms with Crippen molar-refractivity contribution in [1.82, 2.24) is 14.3 Å². The lowest BCUT2D eigenvalue weighted by Gasteiger charge is -2.29. The summed E-state index contributed by atoms with van der Waals surface area (Å²) in [5.74, 6) is 1.34. The molecule has 8 nitrogen and oxygen atoms in total. The molecule has 0 atom stereocenters. The molecule has 3 aromatic carbocycles. The Bertz CT molecular complexity index is 2430. The van der Waals surface area contributed by atoms with Crippen molar-refractivity contribution in [2.45, 2.75) is 102 Å². The highest BCUT2D eigenvalue weighted by Gasteiger charge is 2.27. The molecule has 1 N–H and O–H groups in total. The van der Waals surface area contributed by atoms with Crippen molar-refractivity contribution < 1.29 is 0 Å². The number of hydrogen-bond donors (Lipinski definition) is 1. The number of azo groups is 1. The number of nitrogens with one attached hydrogen (secondary N) is 1. The number of pyridine rings is 1. The summed E-state index contributed by atoms with van der Waals surface area (Å²) in [6.07, 6.45) is 3.45. The molecule has 0 aliphatic rings. The second kappa shape index (κ2) is 15.6. The van der Waals surface area contributed by atoms with E-state index in [9.17, 15) is 5.26 Å². The fourth-order valence-corrected chi connectivity index (χ4v) is 8.89. The van der Waals surface area contributed by atoms with Crippen LogP contribution in [0.2, 0.25) is 0 Å². The van der Waals surface area contributed by atoms with Gasteiger partial charge in [0.1, 0.15) is 23.1 Å². The Hall–Kier alpha value is -4.98. The lowest BCUT2D eigenvalue weighted by molar-refractivity contribution is 1.01. The Morgan fingerprint density at radius 2 is 1.45 bits per heavy atom. The van der Waals surface area contributed by atoms with E-state index >= 15 is 0 Å². The number of thiazole rings is 1. The van der Waals surface area contributed by atoms with E-state index < -0.39 is 0 Å². The summed E-state index contributed by atoms with van der Waals surface area (Å²) in [6, 6.07) is 15.4. The molecule has 0 bridgehead atoms. The third-order valence-electron chi connectivity index (χ3n) is 10.3. The summed E-state index contributed by atoms with van der Waals surface area (Å²) in [5.41, 5.74) is 17.1. The van der Waals surface area contributed by atoms with Gasteiger partial charge in [0.25, 0.3) is 0 Å². The zero-order valence-corrected chi connectivity index (χ0v) is 34.4. The molecule has 0 saturated heterocycles. The Balaban J connectivity index is 1.67. The van der Waals surface area contributed by atoms with Gasteiger partial charge in [-0.25, -0.2) is 9.97 Å². The zero-order valence-electron chi connectivity index (χ0n) is 32.7. The van der Waals surface area contributed by atoms with E-state index in [2.05, 4.69) is 131 Å². The van der Waals surface area contributed by atoms with Gasteiger partial charge in [-0.15, -0.1) is 10.2 Å². The van der Waals surface area contributed by atoms with Gasteiger partial charge in [-0.2, -0.15) is 9.64 Å². The van der Waals surface area contributed by atoms with E-state index in [1.54, 1.807) is 11.3 Å². The minimum Gasteiger partial charge on any atom is -0.338 e. The standard InChI is InChI=1S/C43H48N8S2/c1-12-30-19-24(6)27(9)32(14-3)39(30)47-41-38(48-49-42-34(22-44)29(11)50-53-42)26(8)21-37(46-41)51(43-45-35-17-16-23(5)18-36(35)52-43)40-31(13-2)20-25(7)28(10)33(40)15-4/h16-21H,12-15H2,1-11H3,(H,46,47). The molecule has 6 rings (SSSR count). The molecule has 0 aliphatic carbocycles. The molecule has 0 fully saturated rings. The fourth-order valence-electron chi connectivity index (χ4n) is 7.13. The van der Waals surface area contributed by atoms with Gasteiger partial charge in [0, 0.05) is 5.69 Å². The van der Waals surface area contributed by atoms with Gasteiger partial charge in [-0.3, -0.25) is 4.90 Å². The van der Waals surface area contributed by atoms with Crippen molar-refractivity contribution in [3.63, 3.8) is 0 Å². The minimum absolute atomic E-state index is 0.442. The van der Waals surface area contributed by atoms with E-state index in [0.29, 0.717) is 27.8 Å². The predicted octanol–water partition coefficient (Wildman–Crippen LogP) is 13.1. The van der Waals surface area contributed by atoms with Gasteiger partial charge >= 0.3 is 0 Å². The van der Waals surface area contributed by atoms with Crippen LogP contribution in [0, 0.1) is 59.8 Å². The highest BCUT2D eigenvalue weighted by Crippen LogP contribution is 2.46. The number of rotatable bonds is 11. The lowest BCUT2D eigenvalue weighted by Crippen LogP contribution is -2.18. The molecular weight excluding hydrogens is 693 g/mol. The maximum atomic E-state index is 9.84. The first-order valence-corrected chi connectivity index (χ1v) is 20.0. The molecular formula is C43H48N8S2. The molecule has 0 radical (unpaired) electrons. The Morgan fingerprint density at radius 1 is 0.774 bits per heavy atom. The van der Waals surface area contributed by atoms with Crippen LogP contribution in [0.25, 0.3) is 10.2 Å². The number of fused-ring (bicyclic) bond motifs is 1.